The maximum Gasteiger partial charge on any atom is 0.472 e. The van der Waals surface area contributed by atoms with Crippen LogP contribution in [0.4, 0.5) is 0 Å². The Morgan fingerprint density at radius 1 is 0.616 bits per heavy atom. The molecule has 0 aromatic carbocycles. The van der Waals surface area contributed by atoms with Crippen molar-refractivity contribution in [3.63, 3.8) is 0 Å². The summed E-state index contributed by atoms with van der Waals surface area (Å²) in [6.07, 6.45) is 21.3. The summed E-state index contributed by atoms with van der Waals surface area (Å²) in [5.41, 5.74) is 0. The third-order valence-corrected chi connectivity index (χ3v) is 13.7. The molecule has 430 valence electrons. The van der Waals surface area contributed by atoms with Crippen LogP contribution >= 0.6 is 7.82 Å². The van der Waals surface area contributed by atoms with Crippen molar-refractivity contribution in [2.24, 2.45) is 0 Å². The van der Waals surface area contributed by atoms with Crippen LogP contribution in [0.25, 0.3) is 0 Å². The molecule has 1 fully saturated rings. The molecule has 0 spiro atoms. The number of aliphatic hydroxyl groups excluding tert-OH is 8. The van der Waals surface area contributed by atoms with Crippen molar-refractivity contribution in [2.45, 2.75) is 255 Å². The number of carbonyl (C=O) groups excluding carboxylic acids is 2. The van der Waals surface area contributed by atoms with Crippen LogP contribution in [0.5, 0.6) is 0 Å². The molecule has 1 heterocycles. The molecule has 10 N–H and O–H groups in total. The van der Waals surface area contributed by atoms with Crippen LogP contribution in [0, 0.1) is 0 Å². The second-order valence-corrected chi connectivity index (χ2v) is 20.8. The van der Waals surface area contributed by atoms with Gasteiger partial charge >= 0.3 is 19.8 Å². The molecule has 0 aliphatic carbocycles. The first-order valence-electron chi connectivity index (χ1n) is 27.8. The van der Waals surface area contributed by atoms with E-state index in [1.165, 1.54) is 77.0 Å². The lowest BCUT2D eigenvalue weighted by Gasteiger charge is -2.42. The highest BCUT2D eigenvalue weighted by Gasteiger charge is 2.47. The molecule has 0 amide bonds. The normalized spacial score (nSPS) is 21.3. The van der Waals surface area contributed by atoms with Crippen LogP contribution < -0.4 is 5.32 Å². The highest BCUT2D eigenvalue weighted by Crippen LogP contribution is 2.43. The second kappa shape index (κ2) is 45.1. The molecule has 0 bridgehead atoms. The van der Waals surface area contributed by atoms with E-state index in [1.807, 2.05) is 0 Å². The van der Waals surface area contributed by atoms with Gasteiger partial charge in [0.15, 0.2) is 12.4 Å². The molecule has 11 atom stereocenters. The van der Waals surface area contributed by atoms with Crippen LogP contribution in [0.15, 0.2) is 24.3 Å². The number of phosphoric acid groups is 1. The Kier molecular flexibility index (Phi) is 42.7. The molecule has 20 heteroatoms. The van der Waals surface area contributed by atoms with Gasteiger partial charge in [0, 0.05) is 25.9 Å². The average Bonchev–Trinajstić information content (AvgIpc) is 3.37. The number of allylic oxidation sites excluding steroid dienone is 4. The molecule has 19 nitrogen and oxygen atoms in total. The van der Waals surface area contributed by atoms with E-state index in [4.69, 9.17) is 28.0 Å². The summed E-state index contributed by atoms with van der Waals surface area (Å²) in [5.74, 6) is -1.05. The number of hydrogen-bond acceptors (Lipinski definition) is 18. The third-order valence-electron chi connectivity index (χ3n) is 12.8. The molecule has 73 heavy (non-hydrogen) atoms. The summed E-state index contributed by atoms with van der Waals surface area (Å²) in [4.78, 5) is 36.0. The first-order chi connectivity index (χ1) is 35.2. The zero-order valence-corrected chi connectivity index (χ0v) is 45.4. The zero-order chi connectivity index (χ0) is 54.0. The maximum atomic E-state index is 12.9. The molecule has 0 saturated carbocycles. The first-order valence-corrected chi connectivity index (χ1v) is 29.3. The van der Waals surface area contributed by atoms with Gasteiger partial charge in [0.25, 0.3) is 0 Å². The van der Waals surface area contributed by atoms with Gasteiger partial charge in [-0.3, -0.25) is 18.6 Å². The molecule has 1 rings (SSSR count). The van der Waals surface area contributed by atoms with E-state index in [-0.39, 0.29) is 19.4 Å². The Bertz CT molecular complexity index is 1440. The van der Waals surface area contributed by atoms with E-state index < -0.39 is 121 Å². The molecular formula is C53H100NO18P. The quantitative estimate of drug-likeness (QED) is 0.0135. The van der Waals surface area contributed by atoms with E-state index in [0.717, 1.165) is 77.0 Å². The van der Waals surface area contributed by atoms with Gasteiger partial charge in [-0.1, -0.05) is 141 Å². The molecule has 0 radical (unpaired) electrons. The number of rotatable bonds is 49. The van der Waals surface area contributed by atoms with Gasteiger partial charge in [0.05, 0.1) is 32.5 Å². The lowest BCUT2D eigenvalue weighted by Crippen LogP contribution is -2.61. The van der Waals surface area contributed by atoms with Crippen molar-refractivity contribution in [1.82, 2.24) is 5.32 Å². The fourth-order valence-corrected chi connectivity index (χ4v) is 8.93. The van der Waals surface area contributed by atoms with E-state index in [0.29, 0.717) is 12.8 Å². The van der Waals surface area contributed by atoms with Gasteiger partial charge in [-0.15, -0.1) is 0 Å². The van der Waals surface area contributed by atoms with E-state index in [2.05, 4.69) is 43.5 Å². The monoisotopic (exact) mass is 1070 g/mol. The predicted molar refractivity (Wildman–Crippen MR) is 278 cm³/mol. The Hall–Kier alpha value is -1.91. The lowest BCUT2D eigenvalue weighted by molar-refractivity contribution is -0.327. The van der Waals surface area contributed by atoms with Crippen molar-refractivity contribution in [3.05, 3.63) is 24.3 Å². The number of esters is 2. The van der Waals surface area contributed by atoms with E-state index in [1.54, 1.807) is 0 Å². The molecular weight excluding hydrogens is 970 g/mol. The van der Waals surface area contributed by atoms with Crippen molar-refractivity contribution < 1.29 is 87.9 Å². The molecule has 1 saturated heterocycles. The maximum absolute atomic E-state index is 12.9. The number of unbranched alkanes of at least 4 members (excludes halogenated alkanes) is 22. The summed E-state index contributed by atoms with van der Waals surface area (Å²) in [6, 6.07) is 0. The number of ether oxygens (including phenoxy) is 4. The number of carbonyl (C=O) groups is 2. The molecule has 2 unspecified atom stereocenters. The molecule has 1 aliphatic rings. The summed E-state index contributed by atoms with van der Waals surface area (Å²) in [6.45, 7) is 0.659. The van der Waals surface area contributed by atoms with E-state index >= 15 is 0 Å². The van der Waals surface area contributed by atoms with Crippen molar-refractivity contribution >= 4 is 19.8 Å². The fraction of sp³-hybridized carbons (Fsp3) is 0.887. The SMILES string of the molecule is CCCCCCCC/C=C\CCCCCCCC(=O)OCC(COP(=O)(O)OCCNC[C@H](O)[C@@H](O)[C@H](O[C@@H]1O[C@H](CO)[C@H](O)[C@H](O)[C@H]1O)[C@H](O)CO)OC(=O)CCCCCCC/C=C\CCCCCCCC. The highest BCUT2D eigenvalue weighted by atomic mass is 31.2. The lowest BCUT2D eigenvalue weighted by atomic mass is 9.98. The topological polar surface area (TPSA) is 301 Å². The zero-order valence-electron chi connectivity index (χ0n) is 44.5. The largest absolute Gasteiger partial charge is 0.472 e. The fourth-order valence-electron chi connectivity index (χ4n) is 8.17. The van der Waals surface area contributed by atoms with Gasteiger partial charge in [-0.2, -0.15) is 0 Å². The summed E-state index contributed by atoms with van der Waals surface area (Å²) in [7, 11) is -4.76. The Morgan fingerprint density at radius 2 is 1.10 bits per heavy atom. The first kappa shape index (κ1) is 69.1. The summed E-state index contributed by atoms with van der Waals surface area (Å²) < 4.78 is 44.6. The smallest absolute Gasteiger partial charge is 0.462 e. The number of nitrogens with one attached hydrogen (secondary N) is 1. The highest BCUT2D eigenvalue weighted by molar-refractivity contribution is 7.47. The number of hydrogen-bond donors (Lipinski definition) is 10. The van der Waals surface area contributed by atoms with Crippen LogP contribution in [-0.2, 0) is 42.1 Å². The van der Waals surface area contributed by atoms with Crippen molar-refractivity contribution in [1.29, 1.82) is 0 Å². The number of aliphatic hydroxyl groups is 8. The van der Waals surface area contributed by atoms with Gasteiger partial charge in [0.1, 0.15) is 49.3 Å². The Labute approximate surface area is 437 Å². The molecule has 1 aliphatic heterocycles. The van der Waals surface area contributed by atoms with Crippen LogP contribution in [-0.4, -0.2) is 165 Å². The van der Waals surface area contributed by atoms with Crippen molar-refractivity contribution in [3.8, 4) is 0 Å². The Morgan fingerprint density at radius 3 is 1.59 bits per heavy atom. The standard InChI is InChI=1S/C53H100NO18P/c1-3-5-7-9-11-13-15-17-19-21-23-25-27-29-31-33-46(59)67-40-42(70-47(60)34-32-30-28-26-24-22-20-18-16-14-12-10-8-6-4-2)41-69-73(65,66)68-36-35-54-37-43(57)48(61)52(44(58)38-55)72-53-51(64)50(63)49(62)45(39-56)71-53/h17-20,42-45,48-58,61-64H,3-16,21-41H2,1-2H3,(H,65,66)/b19-17-,20-18-/t42?,43-,44+,45+,48+,49-,50-,51+,52+,53-/m0/s1. The van der Waals surface area contributed by atoms with Gasteiger partial charge in [0.2, 0.25) is 0 Å². The van der Waals surface area contributed by atoms with Gasteiger partial charge in [-0.25, -0.2) is 4.57 Å². The van der Waals surface area contributed by atoms with Gasteiger partial charge < -0.3 is 70.0 Å². The van der Waals surface area contributed by atoms with Gasteiger partial charge in [-0.05, 0) is 64.2 Å². The minimum Gasteiger partial charge on any atom is -0.462 e. The number of phosphoric ester groups is 1. The van der Waals surface area contributed by atoms with E-state index in [9.17, 15) is 59.9 Å². The third kappa shape index (κ3) is 35.2. The predicted octanol–water partition coefficient (Wildman–Crippen LogP) is 6.50. The minimum absolute atomic E-state index is 0.108. The summed E-state index contributed by atoms with van der Waals surface area (Å²) >= 11 is 0. The molecule has 0 aromatic heterocycles. The van der Waals surface area contributed by atoms with Crippen molar-refractivity contribution in [2.75, 3.05) is 46.1 Å². The average molecular weight is 1070 g/mol. The summed E-state index contributed by atoms with van der Waals surface area (Å²) in [5, 5.41) is 83.8. The van der Waals surface area contributed by atoms with Crippen LogP contribution in [0.3, 0.4) is 0 Å². The molecule has 0 aromatic rings. The second-order valence-electron chi connectivity index (χ2n) is 19.4. The van der Waals surface area contributed by atoms with Crippen LogP contribution in [0.2, 0.25) is 0 Å². The van der Waals surface area contributed by atoms with Crippen LogP contribution in [0.1, 0.15) is 194 Å². The Balaban J connectivity index is 2.59. The minimum atomic E-state index is -4.76.